The molecule has 0 radical (unpaired) electrons. The third-order valence-electron chi connectivity index (χ3n) is 2.55. The van der Waals surface area contributed by atoms with E-state index in [0.29, 0.717) is 12.4 Å². The molecule has 1 aromatic carbocycles. The molecule has 1 N–H and O–H groups in total. The molecule has 2 aromatic rings. The van der Waals surface area contributed by atoms with E-state index in [4.69, 9.17) is 14.4 Å². The molecule has 0 atom stereocenters. The number of benzene rings is 1. The maximum atomic E-state index is 9.09. The SMILES string of the molecule is Cc1cc(CO)cc(C)c1OCc1ccno1. The van der Waals surface area contributed by atoms with E-state index in [1.165, 1.54) is 0 Å². The highest BCUT2D eigenvalue weighted by atomic mass is 16.5. The van der Waals surface area contributed by atoms with Crippen LogP contribution in [0.15, 0.2) is 28.9 Å². The van der Waals surface area contributed by atoms with Crippen molar-refractivity contribution in [1.29, 1.82) is 0 Å². The second kappa shape index (κ2) is 5.01. The van der Waals surface area contributed by atoms with Gasteiger partial charge in [-0.15, -0.1) is 0 Å². The minimum atomic E-state index is 0.0457. The molecule has 1 heterocycles. The van der Waals surface area contributed by atoms with E-state index in [1.807, 2.05) is 26.0 Å². The number of aliphatic hydroxyl groups is 1. The molecule has 0 aliphatic carbocycles. The van der Waals surface area contributed by atoms with Gasteiger partial charge < -0.3 is 14.4 Å². The van der Waals surface area contributed by atoms with Crippen molar-refractivity contribution >= 4 is 0 Å². The fraction of sp³-hybridized carbons (Fsp3) is 0.308. The molecular formula is C13H15NO3. The predicted molar refractivity (Wildman–Crippen MR) is 62.7 cm³/mol. The first-order valence-electron chi connectivity index (χ1n) is 5.44. The van der Waals surface area contributed by atoms with Gasteiger partial charge in [-0.05, 0) is 30.5 Å². The van der Waals surface area contributed by atoms with Crippen LogP contribution in [0.25, 0.3) is 0 Å². The van der Waals surface area contributed by atoms with Crippen LogP contribution in [0.2, 0.25) is 0 Å². The molecular weight excluding hydrogens is 218 g/mol. The summed E-state index contributed by atoms with van der Waals surface area (Å²) in [6, 6.07) is 5.61. The van der Waals surface area contributed by atoms with Gasteiger partial charge in [-0.25, -0.2) is 0 Å². The third-order valence-corrected chi connectivity index (χ3v) is 2.55. The standard InChI is InChI=1S/C13H15NO3/c1-9-5-11(7-15)6-10(2)13(9)16-8-12-3-4-14-17-12/h3-6,15H,7-8H2,1-2H3. The quantitative estimate of drug-likeness (QED) is 0.880. The minimum absolute atomic E-state index is 0.0457. The minimum Gasteiger partial charge on any atom is -0.485 e. The van der Waals surface area contributed by atoms with Crippen molar-refractivity contribution in [3.05, 3.63) is 46.8 Å². The van der Waals surface area contributed by atoms with Crippen molar-refractivity contribution < 1.29 is 14.4 Å². The fourth-order valence-electron chi connectivity index (χ4n) is 1.82. The molecule has 0 aliphatic rings. The van der Waals surface area contributed by atoms with Crippen LogP contribution in [-0.4, -0.2) is 10.3 Å². The van der Waals surface area contributed by atoms with E-state index in [9.17, 15) is 0 Å². The smallest absolute Gasteiger partial charge is 0.174 e. The second-order valence-corrected chi connectivity index (χ2v) is 3.98. The molecule has 4 heteroatoms. The first kappa shape index (κ1) is 11.7. The summed E-state index contributed by atoms with van der Waals surface area (Å²) >= 11 is 0. The van der Waals surface area contributed by atoms with Crippen LogP contribution in [0.5, 0.6) is 5.75 Å². The maximum Gasteiger partial charge on any atom is 0.174 e. The molecule has 0 aliphatic heterocycles. The van der Waals surface area contributed by atoms with Crippen LogP contribution < -0.4 is 4.74 Å². The summed E-state index contributed by atoms with van der Waals surface area (Å²) in [4.78, 5) is 0. The number of aryl methyl sites for hydroxylation is 2. The van der Waals surface area contributed by atoms with Crippen molar-refractivity contribution in [2.24, 2.45) is 0 Å². The van der Waals surface area contributed by atoms with Gasteiger partial charge in [-0.3, -0.25) is 0 Å². The van der Waals surface area contributed by atoms with Crippen LogP contribution in [-0.2, 0) is 13.2 Å². The topological polar surface area (TPSA) is 55.5 Å². The highest BCUT2D eigenvalue weighted by Crippen LogP contribution is 2.25. The van der Waals surface area contributed by atoms with Gasteiger partial charge in [0, 0.05) is 6.07 Å². The normalized spacial score (nSPS) is 10.5. The maximum absolute atomic E-state index is 9.09. The number of ether oxygens (including phenoxy) is 1. The molecule has 4 nitrogen and oxygen atoms in total. The lowest BCUT2D eigenvalue weighted by molar-refractivity contribution is 0.246. The van der Waals surface area contributed by atoms with E-state index in [0.717, 1.165) is 22.4 Å². The third kappa shape index (κ3) is 2.65. The Bertz CT molecular complexity index is 468. The average molecular weight is 233 g/mol. The van der Waals surface area contributed by atoms with Gasteiger partial charge in [-0.2, -0.15) is 0 Å². The molecule has 90 valence electrons. The monoisotopic (exact) mass is 233 g/mol. The summed E-state index contributed by atoms with van der Waals surface area (Å²) in [7, 11) is 0. The number of nitrogens with zero attached hydrogens (tertiary/aromatic N) is 1. The van der Waals surface area contributed by atoms with Crippen LogP contribution >= 0.6 is 0 Å². The zero-order valence-electron chi connectivity index (χ0n) is 9.93. The number of aromatic nitrogens is 1. The Morgan fingerprint density at radius 2 is 2.00 bits per heavy atom. The van der Waals surface area contributed by atoms with E-state index in [2.05, 4.69) is 5.16 Å². The van der Waals surface area contributed by atoms with Gasteiger partial charge in [-0.1, -0.05) is 17.3 Å². The molecule has 0 unspecified atom stereocenters. The van der Waals surface area contributed by atoms with Gasteiger partial charge in [0.1, 0.15) is 12.4 Å². The Labute approximate surface area is 99.8 Å². The number of aliphatic hydroxyl groups excluding tert-OH is 1. The average Bonchev–Trinajstić information content (AvgIpc) is 2.80. The van der Waals surface area contributed by atoms with Crippen molar-refractivity contribution in [2.75, 3.05) is 0 Å². The highest BCUT2D eigenvalue weighted by Gasteiger charge is 2.07. The molecule has 1 aromatic heterocycles. The summed E-state index contributed by atoms with van der Waals surface area (Å²) in [5.41, 5.74) is 2.91. The summed E-state index contributed by atoms with van der Waals surface area (Å²) < 4.78 is 10.7. The van der Waals surface area contributed by atoms with Gasteiger partial charge >= 0.3 is 0 Å². The number of hydrogen-bond donors (Lipinski definition) is 1. The van der Waals surface area contributed by atoms with Crippen LogP contribution in [0, 0.1) is 13.8 Å². The van der Waals surface area contributed by atoms with Gasteiger partial charge in [0.25, 0.3) is 0 Å². The van der Waals surface area contributed by atoms with Crippen molar-refractivity contribution in [3.63, 3.8) is 0 Å². The lowest BCUT2D eigenvalue weighted by Crippen LogP contribution is -1.99. The Kier molecular flexibility index (Phi) is 3.44. The molecule has 0 fully saturated rings. The highest BCUT2D eigenvalue weighted by molar-refractivity contribution is 5.43. The van der Waals surface area contributed by atoms with Crippen molar-refractivity contribution in [3.8, 4) is 5.75 Å². The lowest BCUT2D eigenvalue weighted by atomic mass is 10.1. The Hall–Kier alpha value is -1.81. The number of rotatable bonds is 4. The van der Waals surface area contributed by atoms with E-state index in [-0.39, 0.29) is 6.61 Å². The number of hydrogen-bond acceptors (Lipinski definition) is 4. The van der Waals surface area contributed by atoms with Gasteiger partial charge in [0.2, 0.25) is 0 Å². The summed E-state index contributed by atoms with van der Waals surface area (Å²) in [5, 5.41) is 12.7. The molecule has 0 saturated heterocycles. The summed E-state index contributed by atoms with van der Waals surface area (Å²) in [5.74, 6) is 1.52. The zero-order chi connectivity index (χ0) is 12.3. The second-order valence-electron chi connectivity index (χ2n) is 3.98. The van der Waals surface area contributed by atoms with E-state index in [1.54, 1.807) is 12.3 Å². The van der Waals surface area contributed by atoms with Gasteiger partial charge in [0.15, 0.2) is 5.76 Å². The van der Waals surface area contributed by atoms with Gasteiger partial charge in [0.05, 0.1) is 12.8 Å². The molecule has 0 amide bonds. The van der Waals surface area contributed by atoms with Crippen molar-refractivity contribution in [2.45, 2.75) is 27.1 Å². The van der Waals surface area contributed by atoms with E-state index >= 15 is 0 Å². The first-order valence-corrected chi connectivity index (χ1v) is 5.44. The molecule has 17 heavy (non-hydrogen) atoms. The van der Waals surface area contributed by atoms with Crippen molar-refractivity contribution in [1.82, 2.24) is 5.16 Å². The largest absolute Gasteiger partial charge is 0.485 e. The molecule has 0 bridgehead atoms. The molecule has 0 saturated carbocycles. The summed E-state index contributed by atoms with van der Waals surface area (Å²) in [6.45, 7) is 4.33. The Morgan fingerprint density at radius 1 is 1.29 bits per heavy atom. The Balaban J connectivity index is 2.15. The van der Waals surface area contributed by atoms with Crippen LogP contribution in [0.3, 0.4) is 0 Å². The molecule has 2 rings (SSSR count). The lowest BCUT2D eigenvalue weighted by Gasteiger charge is -2.12. The van der Waals surface area contributed by atoms with Crippen LogP contribution in [0.4, 0.5) is 0 Å². The fourth-order valence-corrected chi connectivity index (χ4v) is 1.82. The zero-order valence-corrected chi connectivity index (χ0v) is 9.93. The predicted octanol–water partition coefficient (Wildman–Crippen LogP) is 2.36. The summed E-state index contributed by atoms with van der Waals surface area (Å²) in [6.07, 6.45) is 1.59. The molecule has 0 spiro atoms. The van der Waals surface area contributed by atoms with E-state index < -0.39 is 0 Å². The van der Waals surface area contributed by atoms with Crippen LogP contribution in [0.1, 0.15) is 22.5 Å². The first-order chi connectivity index (χ1) is 8.20. The Morgan fingerprint density at radius 3 is 2.53 bits per heavy atom.